The van der Waals surface area contributed by atoms with Gasteiger partial charge in [0.05, 0.1) is 12.7 Å². The van der Waals surface area contributed by atoms with Crippen molar-refractivity contribution >= 4 is 17.6 Å². The first kappa shape index (κ1) is 21.9. The smallest absolute Gasteiger partial charge is 0.244 e. The number of rotatable bonds is 5. The summed E-state index contributed by atoms with van der Waals surface area (Å²) in [5.74, 6) is 0.886. The lowest BCUT2D eigenvalue weighted by Crippen LogP contribution is -2.53. The Balaban J connectivity index is 1.30. The quantitative estimate of drug-likeness (QED) is 0.560. The van der Waals surface area contributed by atoms with E-state index >= 15 is 0 Å². The molecule has 0 radical (unpaired) electrons. The molecule has 2 atom stereocenters. The van der Waals surface area contributed by atoms with Gasteiger partial charge >= 0.3 is 0 Å². The van der Waals surface area contributed by atoms with Crippen LogP contribution in [0.5, 0.6) is 0 Å². The Labute approximate surface area is 185 Å². The number of benzene rings is 1. The van der Waals surface area contributed by atoms with Gasteiger partial charge in [0.25, 0.3) is 0 Å². The standard InChI is InChI=1S/C23H35N5O3/c1-2-24-23(28-14-16-31-21(18-28)20-9-6-15-30-20)25-17-22(29)27-12-10-26(11-13-27)19-7-4-3-5-8-19/h3-5,7-8,20-21H,2,6,9-18H2,1H3,(H,24,25). The van der Waals surface area contributed by atoms with E-state index in [0.29, 0.717) is 6.61 Å². The van der Waals surface area contributed by atoms with Gasteiger partial charge in [0, 0.05) is 58.1 Å². The van der Waals surface area contributed by atoms with Crippen LogP contribution in [0.4, 0.5) is 5.69 Å². The number of hydrogen-bond acceptors (Lipinski definition) is 5. The van der Waals surface area contributed by atoms with Crippen molar-refractivity contribution in [3.05, 3.63) is 30.3 Å². The van der Waals surface area contributed by atoms with Gasteiger partial charge in [-0.15, -0.1) is 0 Å². The van der Waals surface area contributed by atoms with Gasteiger partial charge in [-0.3, -0.25) is 4.79 Å². The summed E-state index contributed by atoms with van der Waals surface area (Å²) in [5, 5.41) is 3.35. The van der Waals surface area contributed by atoms with Crippen molar-refractivity contribution in [1.82, 2.24) is 15.1 Å². The average molecular weight is 430 g/mol. The molecule has 0 aliphatic carbocycles. The number of anilines is 1. The van der Waals surface area contributed by atoms with E-state index < -0.39 is 0 Å². The minimum absolute atomic E-state index is 0.0712. The van der Waals surface area contributed by atoms with E-state index in [9.17, 15) is 4.79 Å². The first-order valence-electron chi connectivity index (χ1n) is 11.6. The van der Waals surface area contributed by atoms with Crippen LogP contribution in [0.1, 0.15) is 19.8 Å². The molecule has 3 aliphatic rings. The molecule has 0 bridgehead atoms. The van der Waals surface area contributed by atoms with Gasteiger partial charge in [0.1, 0.15) is 12.6 Å². The molecule has 1 N–H and O–H groups in total. The van der Waals surface area contributed by atoms with Gasteiger partial charge in [-0.2, -0.15) is 0 Å². The molecule has 0 saturated carbocycles. The minimum Gasteiger partial charge on any atom is -0.375 e. The Kier molecular flexibility index (Phi) is 7.64. The highest BCUT2D eigenvalue weighted by Crippen LogP contribution is 2.21. The molecule has 3 fully saturated rings. The van der Waals surface area contributed by atoms with Crippen LogP contribution in [0.2, 0.25) is 0 Å². The lowest BCUT2D eigenvalue weighted by molar-refractivity contribution is -0.129. The SMILES string of the molecule is CCNC(=NCC(=O)N1CCN(c2ccccc2)CC1)N1CCOC(C2CCCO2)C1. The maximum absolute atomic E-state index is 12.8. The second-order valence-corrected chi connectivity index (χ2v) is 8.28. The summed E-state index contributed by atoms with van der Waals surface area (Å²) in [5.41, 5.74) is 1.22. The molecule has 1 aromatic rings. The number of para-hydroxylation sites is 1. The maximum Gasteiger partial charge on any atom is 0.244 e. The summed E-state index contributed by atoms with van der Waals surface area (Å²) in [6.07, 6.45) is 2.40. The predicted octanol–water partition coefficient (Wildman–Crippen LogP) is 1.18. The molecular weight excluding hydrogens is 394 g/mol. The van der Waals surface area contributed by atoms with E-state index in [0.717, 1.165) is 71.2 Å². The fourth-order valence-corrected chi connectivity index (χ4v) is 4.51. The number of carbonyl (C=O) groups is 1. The Hall–Kier alpha value is -2.32. The van der Waals surface area contributed by atoms with E-state index in [4.69, 9.17) is 9.47 Å². The zero-order valence-corrected chi connectivity index (χ0v) is 18.5. The molecule has 8 heteroatoms. The molecule has 170 valence electrons. The van der Waals surface area contributed by atoms with E-state index in [1.807, 2.05) is 11.0 Å². The summed E-state index contributed by atoms with van der Waals surface area (Å²) in [6.45, 7) is 9.18. The Morgan fingerprint density at radius 3 is 2.52 bits per heavy atom. The zero-order valence-electron chi connectivity index (χ0n) is 18.5. The number of carbonyl (C=O) groups excluding carboxylic acids is 1. The number of guanidine groups is 1. The van der Waals surface area contributed by atoms with Crippen molar-refractivity contribution in [2.75, 3.05) is 70.5 Å². The first-order chi connectivity index (χ1) is 15.2. The van der Waals surface area contributed by atoms with Crippen molar-refractivity contribution in [2.45, 2.75) is 32.0 Å². The first-order valence-corrected chi connectivity index (χ1v) is 11.6. The van der Waals surface area contributed by atoms with Gasteiger partial charge in [-0.05, 0) is 31.9 Å². The second kappa shape index (κ2) is 10.8. The predicted molar refractivity (Wildman–Crippen MR) is 122 cm³/mol. The van der Waals surface area contributed by atoms with Crippen LogP contribution in [0.3, 0.4) is 0 Å². The van der Waals surface area contributed by atoms with Gasteiger partial charge in [0.15, 0.2) is 5.96 Å². The molecule has 0 aromatic heterocycles. The topological polar surface area (TPSA) is 69.6 Å². The third-order valence-corrected chi connectivity index (χ3v) is 6.23. The van der Waals surface area contributed by atoms with Crippen LogP contribution in [-0.4, -0.2) is 99.4 Å². The number of amides is 1. The molecular formula is C23H35N5O3. The molecule has 4 rings (SSSR count). The van der Waals surface area contributed by atoms with Gasteiger partial charge in [0.2, 0.25) is 5.91 Å². The highest BCUT2D eigenvalue weighted by atomic mass is 16.5. The molecule has 3 saturated heterocycles. The number of hydrogen-bond donors (Lipinski definition) is 1. The molecule has 31 heavy (non-hydrogen) atoms. The molecule has 2 unspecified atom stereocenters. The van der Waals surface area contributed by atoms with Gasteiger partial charge < -0.3 is 29.5 Å². The fourth-order valence-electron chi connectivity index (χ4n) is 4.51. The van der Waals surface area contributed by atoms with Crippen molar-refractivity contribution in [1.29, 1.82) is 0 Å². The van der Waals surface area contributed by atoms with Crippen LogP contribution >= 0.6 is 0 Å². The van der Waals surface area contributed by atoms with Crippen LogP contribution in [0.25, 0.3) is 0 Å². The highest BCUT2D eigenvalue weighted by Gasteiger charge is 2.32. The number of nitrogens with zero attached hydrogens (tertiary/aromatic N) is 4. The number of piperazine rings is 1. The summed E-state index contributed by atoms with van der Waals surface area (Å²) < 4.78 is 11.8. The molecule has 8 nitrogen and oxygen atoms in total. The maximum atomic E-state index is 12.8. The van der Waals surface area contributed by atoms with Crippen LogP contribution in [0, 0.1) is 0 Å². The van der Waals surface area contributed by atoms with Crippen molar-refractivity contribution in [3.63, 3.8) is 0 Å². The fraction of sp³-hybridized carbons (Fsp3) is 0.652. The summed E-state index contributed by atoms with van der Waals surface area (Å²) >= 11 is 0. The van der Waals surface area contributed by atoms with E-state index in [-0.39, 0.29) is 24.7 Å². The van der Waals surface area contributed by atoms with Crippen molar-refractivity contribution < 1.29 is 14.3 Å². The summed E-state index contributed by atoms with van der Waals surface area (Å²) in [6, 6.07) is 10.4. The molecule has 3 heterocycles. The number of nitrogens with one attached hydrogen (secondary N) is 1. The zero-order chi connectivity index (χ0) is 21.5. The highest BCUT2D eigenvalue weighted by molar-refractivity contribution is 5.85. The third kappa shape index (κ3) is 5.68. The monoisotopic (exact) mass is 429 g/mol. The normalized spacial score (nSPS) is 25.1. The number of morpholine rings is 1. The minimum atomic E-state index is 0.0712. The molecule has 1 aromatic carbocycles. The molecule has 1 amide bonds. The van der Waals surface area contributed by atoms with Crippen molar-refractivity contribution in [3.8, 4) is 0 Å². The molecule has 3 aliphatic heterocycles. The Morgan fingerprint density at radius 1 is 1.03 bits per heavy atom. The third-order valence-electron chi connectivity index (χ3n) is 6.23. The van der Waals surface area contributed by atoms with Crippen LogP contribution in [0.15, 0.2) is 35.3 Å². The van der Waals surface area contributed by atoms with Crippen LogP contribution in [-0.2, 0) is 14.3 Å². The van der Waals surface area contributed by atoms with Crippen LogP contribution < -0.4 is 10.2 Å². The van der Waals surface area contributed by atoms with E-state index in [1.165, 1.54) is 5.69 Å². The summed E-state index contributed by atoms with van der Waals surface area (Å²) in [4.78, 5) is 24.0. The largest absolute Gasteiger partial charge is 0.375 e. The van der Waals surface area contributed by atoms with Crippen molar-refractivity contribution in [2.24, 2.45) is 4.99 Å². The summed E-state index contributed by atoms with van der Waals surface area (Å²) in [7, 11) is 0. The van der Waals surface area contributed by atoms with Gasteiger partial charge in [-0.25, -0.2) is 4.99 Å². The Bertz CT molecular complexity index is 730. The lowest BCUT2D eigenvalue weighted by atomic mass is 10.1. The lowest BCUT2D eigenvalue weighted by Gasteiger charge is -2.37. The average Bonchev–Trinajstić information content (AvgIpc) is 3.37. The number of aliphatic imine (C=N–C) groups is 1. The van der Waals surface area contributed by atoms with E-state index in [2.05, 4.69) is 51.3 Å². The van der Waals surface area contributed by atoms with Gasteiger partial charge in [-0.1, -0.05) is 18.2 Å². The van der Waals surface area contributed by atoms with E-state index in [1.54, 1.807) is 0 Å². The number of ether oxygens (including phenoxy) is 2. The Morgan fingerprint density at radius 2 is 1.81 bits per heavy atom. The second-order valence-electron chi connectivity index (χ2n) is 8.28. The molecule has 0 spiro atoms.